The minimum atomic E-state index is 0. The standard InChI is InChI=1S/C22H26.C21H24.C18H24O.5CH4O.5CH3.5Y/c1-15-16(2)20-13-19(15)14-21(20)22(17-9-5-3-6-10-17)18-11-7-4-8-12-18;1-15-16(2)20-13-17(15)14-21(20,18-9-5-3-6-10-18)19-11-7-4-8-12-19;1-12-13(2)17-11-16(12)10-15(17)8-9-18(19)14-6-4-3-5-7-14;5*1-2;;;;;;;;;;/h3-12,15-16,19-22H,13-14H2,1-2H3;3-12,15-17,20H,13-14H2,1-2H3;3-7,12-13,15-17H,8-11H2,1-2H3;5*2H,1H3;5*1H3;;;;;/q;;;;;;;;5*-1;;;;;. The van der Waals surface area contributed by atoms with Gasteiger partial charge in [0, 0.05) is 222 Å². The molecule has 14 atom stereocenters. The maximum absolute atomic E-state index is 12.2. The fourth-order valence-electron chi connectivity index (χ4n) is 15.2. The summed E-state index contributed by atoms with van der Waals surface area (Å²) in [7, 11) is 5.00. The topological polar surface area (TPSA) is 118 Å². The van der Waals surface area contributed by atoms with Gasteiger partial charge in [0.15, 0.2) is 5.78 Å². The van der Waals surface area contributed by atoms with E-state index in [0.717, 1.165) is 137 Å². The summed E-state index contributed by atoms with van der Waals surface area (Å²) in [6.45, 7) is 14.8. The van der Waals surface area contributed by atoms with E-state index in [1.807, 2.05) is 30.3 Å². The average molecular weight is 1500 g/mol. The van der Waals surface area contributed by atoms with E-state index in [9.17, 15) is 4.79 Å². The fourth-order valence-corrected chi connectivity index (χ4v) is 15.2. The van der Waals surface area contributed by atoms with E-state index in [0.29, 0.717) is 11.7 Å². The number of benzene rings is 5. The summed E-state index contributed by atoms with van der Waals surface area (Å²) < 4.78 is 0. The average Bonchev–Trinajstić information content (AvgIpc) is 4.33. The molecule has 6 saturated carbocycles. The van der Waals surface area contributed by atoms with Crippen LogP contribution in [-0.4, -0.2) is 66.9 Å². The summed E-state index contributed by atoms with van der Waals surface area (Å²) in [6, 6.07) is 54.7. The smallest absolute Gasteiger partial charge is 0.162 e. The summed E-state index contributed by atoms with van der Waals surface area (Å²) >= 11 is 0. The van der Waals surface area contributed by atoms with E-state index in [4.69, 9.17) is 25.5 Å². The summed E-state index contributed by atoms with van der Waals surface area (Å²) in [5.74, 6) is 13.2. The Hall–Kier alpha value is 1.09. The quantitative estimate of drug-likeness (QED) is 0.0741. The van der Waals surface area contributed by atoms with Crippen LogP contribution in [0.15, 0.2) is 152 Å². The molecule has 0 saturated heterocycles. The summed E-state index contributed by atoms with van der Waals surface area (Å²) in [5, 5.41) is 35.0. The Morgan fingerprint density at radius 1 is 0.415 bits per heavy atom. The Bertz CT molecular complexity index is 2140. The summed E-state index contributed by atoms with van der Waals surface area (Å²) in [4.78, 5) is 12.2. The van der Waals surface area contributed by atoms with Gasteiger partial charge in [-0.05, 0) is 150 Å². The molecular formula is C71H109O6Y5-5. The molecule has 0 aromatic heterocycles. The number of fused-ring (bicyclic) bond motifs is 6. The van der Waals surface area contributed by atoms with Crippen molar-refractivity contribution in [1.82, 2.24) is 0 Å². The second-order valence-electron chi connectivity index (χ2n) is 21.5. The van der Waals surface area contributed by atoms with Crippen LogP contribution in [0, 0.1) is 120 Å². The number of aliphatic hydroxyl groups excluding tert-OH is 5. The van der Waals surface area contributed by atoms with Crippen molar-refractivity contribution in [3.63, 3.8) is 0 Å². The molecule has 82 heavy (non-hydrogen) atoms. The molecule has 6 bridgehead atoms. The number of Topliss-reactive ketones (excluding diaryl/α,β-unsaturated/α-hetero) is 1. The molecule has 11 rings (SSSR count). The first kappa shape index (κ1) is 96.7. The van der Waals surface area contributed by atoms with Crippen LogP contribution in [0.5, 0.6) is 0 Å². The molecule has 6 fully saturated rings. The maximum atomic E-state index is 12.2. The van der Waals surface area contributed by atoms with Crippen molar-refractivity contribution in [3.05, 3.63) is 217 Å². The molecule has 449 valence electrons. The molecule has 0 aliphatic heterocycles. The Kier molecular flexibility index (Phi) is 59.9. The van der Waals surface area contributed by atoms with Crippen LogP contribution in [-0.2, 0) is 169 Å². The monoisotopic (exact) mass is 1500 g/mol. The van der Waals surface area contributed by atoms with Gasteiger partial charge in [-0.2, -0.15) is 0 Å². The van der Waals surface area contributed by atoms with Crippen LogP contribution in [0.4, 0.5) is 0 Å². The molecule has 5 N–H and O–H groups in total. The molecule has 6 nitrogen and oxygen atoms in total. The van der Waals surface area contributed by atoms with E-state index in [2.05, 4.69) is 163 Å². The summed E-state index contributed by atoms with van der Waals surface area (Å²) in [5.41, 5.74) is 7.20. The van der Waals surface area contributed by atoms with Crippen molar-refractivity contribution in [2.24, 2.45) is 82.9 Å². The second kappa shape index (κ2) is 50.8. The Morgan fingerprint density at radius 3 is 1.10 bits per heavy atom. The number of hydrogen-bond acceptors (Lipinski definition) is 6. The first-order chi connectivity index (χ1) is 35.2. The van der Waals surface area contributed by atoms with E-state index in [-0.39, 0.29) is 206 Å². The molecule has 0 amide bonds. The third kappa shape index (κ3) is 23.4. The van der Waals surface area contributed by atoms with Gasteiger partial charge in [0.25, 0.3) is 0 Å². The van der Waals surface area contributed by atoms with Crippen molar-refractivity contribution in [2.45, 2.75) is 104 Å². The summed E-state index contributed by atoms with van der Waals surface area (Å²) in [6.07, 6.45) is 10.3. The van der Waals surface area contributed by atoms with Crippen molar-refractivity contribution >= 4 is 5.78 Å². The van der Waals surface area contributed by atoms with Crippen molar-refractivity contribution in [1.29, 1.82) is 0 Å². The first-order valence-electron chi connectivity index (χ1n) is 27.2. The van der Waals surface area contributed by atoms with Crippen LogP contribution >= 0.6 is 0 Å². The van der Waals surface area contributed by atoms with Crippen molar-refractivity contribution in [3.8, 4) is 0 Å². The first-order valence-corrected chi connectivity index (χ1v) is 27.2. The fraction of sp³-hybridized carbons (Fsp3) is 0.493. The molecular weight excluding hydrogens is 1390 g/mol. The van der Waals surface area contributed by atoms with Crippen molar-refractivity contribution < 1.29 is 194 Å². The predicted octanol–water partition coefficient (Wildman–Crippen LogP) is 15.9. The third-order valence-corrected chi connectivity index (χ3v) is 19.1. The number of aliphatic hydroxyl groups is 5. The van der Waals surface area contributed by atoms with E-state index in [1.54, 1.807) is 0 Å². The number of carbonyl (C=O) groups is 1. The van der Waals surface area contributed by atoms with Gasteiger partial charge in [0.2, 0.25) is 0 Å². The Balaban J connectivity index is -0.000000181. The normalized spacial score (nSPS) is 26.4. The van der Waals surface area contributed by atoms with Gasteiger partial charge in [0.1, 0.15) is 0 Å². The molecule has 0 heterocycles. The zero-order valence-electron chi connectivity index (χ0n) is 53.8. The number of rotatable bonds is 9. The van der Waals surface area contributed by atoms with Gasteiger partial charge in [-0.3, -0.25) is 4.79 Å². The zero-order chi connectivity index (χ0) is 53.0. The molecule has 0 spiro atoms. The Labute approximate surface area is 630 Å². The van der Waals surface area contributed by atoms with Crippen LogP contribution in [0.2, 0.25) is 0 Å². The van der Waals surface area contributed by atoms with Crippen molar-refractivity contribution in [2.75, 3.05) is 35.5 Å². The van der Waals surface area contributed by atoms with Crippen LogP contribution in [0.1, 0.15) is 131 Å². The van der Waals surface area contributed by atoms with Crippen LogP contribution in [0.25, 0.3) is 0 Å². The van der Waals surface area contributed by atoms with Gasteiger partial charge in [-0.15, -0.1) is 0 Å². The zero-order valence-corrected chi connectivity index (χ0v) is 68.0. The minimum absolute atomic E-state index is 0. The molecule has 6 aliphatic carbocycles. The van der Waals surface area contributed by atoms with Crippen LogP contribution < -0.4 is 0 Å². The molecule has 5 aromatic rings. The largest absolute Gasteiger partial charge is 0.400 e. The van der Waals surface area contributed by atoms with Gasteiger partial charge in [-0.25, -0.2) is 0 Å². The van der Waals surface area contributed by atoms with Gasteiger partial charge < -0.3 is 62.7 Å². The van der Waals surface area contributed by atoms with E-state index in [1.165, 1.54) is 60.8 Å². The van der Waals surface area contributed by atoms with Gasteiger partial charge in [-0.1, -0.05) is 193 Å². The van der Waals surface area contributed by atoms with E-state index >= 15 is 0 Å². The van der Waals surface area contributed by atoms with E-state index < -0.39 is 0 Å². The molecule has 5 radical (unpaired) electrons. The number of hydrogen-bond donors (Lipinski definition) is 5. The predicted molar refractivity (Wildman–Crippen MR) is 332 cm³/mol. The van der Waals surface area contributed by atoms with Crippen LogP contribution in [0.3, 0.4) is 0 Å². The number of ketones is 1. The molecule has 11 heteroatoms. The molecule has 14 unspecified atom stereocenters. The second-order valence-corrected chi connectivity index (χ2v) is 21.5. The molecule has 6 aliphatic rings. The van der Waals surface area contributed by atoms with Gasteiger partial charge in [0.05, 0.1) is 0 Å². The Morgan fingerprint density at radius 2 is 0.756 bits per heavy atom. The van der Waals surface area contributed by atoms with Gasteiger partial charge >= 0.3 is 0 Å². The SMILES string of the molecule is CC1C2CC(C(c3ccccc3)c3ccccc3)C(C2)C1C.CC1C2CC(C1C)C(c1ccccc1)(c1ccccc1)C2.CC1C2CC(CCC(=O)c3ccccc3)C(C2)C1C.CO.CO.CO.CO.CO.[CH3-].[CH3-].[CH3-].[CH3-].[CH3-].[Y].[Y].[Y].[Y].[Y]. The minimum Gasteiger partial charge on any atom is -0.400 e. The third-order valence-electron chi connectivity index (χ3n) is 19.1. The molecule has 5 aromatic carbocycles. The number of carbonyl (C=O) groups excluding carboxylic acids is 1. The maximum Gasteiger partial charge on any atom is 0.162 e.